The third-order valence-corrected chi connectivity index (χ3v) is 6.76. The van der Waals surface area contributed by atoms with Crippen molar-refractivity contribution in [3.63, 3.8) is 0 Å². The molecular formula is C22H26N2O5S. The molecule has 2 aromatic rings. The van der Waals surface area contributed by atoms with Crippen LogP contribution in [0, 0.1) is 0 Å². The maximum atomic E-state index is 13.2. The molecule has 1 amide bonds. The fraction of sp³-hybridized carbons (Fsp3) is 0.409. The highest BCUT2D eigenvalue weighted by Gasteiger charge is 2.33. The topological polar surface area (TPSA) is 76.2 Å². The number of carbonyl (C=O) groups is 1. The quantitative estimate of drug-likeness (QED) is 0.729. The van der Waals surface area contributed by atoms with E-state index in [2.05, 4.69) is 0 Å². The van der Waals surface area contributed by atoms with E-state index in [1.807, 2.05) is 38.1 Å². The van der Waals surface area contributed by atoms with Crippen molar-refractivity contribution in [2.75, 3.05) is 30.3 Å². The van der Waals surface area contributed by atoms with Crippen LogP contribution in [-0.2, 0) is 23.0 Å². The van der Waals surface area contributed by atoms with Crippen LogP contribution in [0.15, 0.2) is 36.4 Å². The molecule has 0 N–H and O–H groups in total. The first-order valence-electron chi connectivity index (χ1n) is 10.1. The van der Waals surface area contributed by atoms with Gasteiger partial charge < -0.3 is 14.4 Å². The van der Waals surface area contributed by atoms with Crippen molar-refractivity contribution in [2.24, 2.45) is 0 Å². The highest BCUT2D eigenvalue weighted by atomic mass is 32.2. The Morgan fingerprint density at radius 2 is 1.87 bits per heavy atom. The van der Waals surface area contributed by atoms with Crippen LogP contribution in [-0.4, -0.2) is 51.3 Å². The molecule has 2 aromatic carbocycles. The lowest BCUT2D eigenvalue weighted by molar-refractivity contribution is 0.0752. The molecule has 0 spiro atoms. The van der Waals surface area contributed by atoms with Gasteiger partial charge in [-0.15, -0.1) is 0 Å². The minimum atomic E-state index is -3.35. The molecule has 0 radical (unpaired) electrons. The molecule has 2 heterocycles. The Balaban J connectivity index is 1.56. The van der Waals surface area contributed by atoms with Crippen LogP contribution in [0.5, 0.6) is 11.5 Å². The number of fused-ring (bicyclic) bond motifs is 2. The number of hydrogen-bond donors (Lipinski definition) is 0. The second kappa shape index (κ2) is 7.83. The zero-order valence-electron chi connectivity index (χ0n) is 17.4. The summed E-state index contributed by atoms with van der Waals surface area (Å²) in [6.45, 7) is 5.88. The van der Waals surface area contributed by atoms with Crippen molar-refractivity contribution in [3.8, 4) is 11.5 Å². The van der Waals surface area contributed by atoms with Gasteiger partial charge in [-0.1, -0.05) is 6.07 Å². The molecule has 1 atom stereocenters. The summed E-state index contributed by atoms with van der Waals surface area (Å²) in [5, 5.41) is 0. The number of carbonyl (C=O) groups excluding carboxylic acids is 1. The number of amides is 1. The molecule has 2 aliphatic rings. The van der Waals surface area contributed by atoms with Crippen molar-refractivity contribution in [1.82, 2.24) is 4.90 Å². The van der Waals surface area contributed by atoms with Gasteiger partial charge in [0.15, 0.2) is 11.5 Å². The van der Waals surface area contributed by atoms with E-state index in [0.29, 0.717) is 49.7 Å². The SMILES string of the molecule is CCN(Cc1ccc2c(c1)OCCO2)C(=O)c1ccc2c(c1)CC(C)N2S(C)(=O)=O. The van der Waals surface area contributed by atoms with Crippen LogP contribution in [0.25, 0.3) is 0 Å². The molecule has 0 aliphatic carbocycles. The number of rotatable bonds is 5. The number of ether oxygens (including phenoxy) is 2. The molecule has 0 bridgehead atoms. The number of benzene rings is 2. The van der Waals surface area contributed by atoms with Gasteiger partial charge in [0, 0.05) is 24.7 Å². The summed E-state index contributed by atoms with van der Waals surface area (Å²) in [5.41, 5.74) is 3.08. The molecule has 7 nitrogen and oxygen atoms in total. The van der Waals surface area contributed by atoms with Crippen LogP contribution < -0.4 is 13.8 Å². The predicted molar refractivity (Wildman–Crippen MR) is 115 cm³/mol. The molecule has 4 rings (SSSR count). The standard InChI is InChI=1S/C22H26N2O5S/c1-4-23(14-16-5-8-20-21(12-16)29-10-9-28-20)22(25)17-6-7-19-18(13-17)11-15(2)24(19)30(3,26)27/h5-8,12-13,15H,4,9-11,14H2,1-3H3. The van der Waals surface area contributed by atoms with Gasteiger partial charge in [-0.25, -0.2) is 8.42 Å². The smallest absolute Gasteiger partial charge is 0.254 e. The largest absolute Gasteiger partial charge is 0.486 e. The second-order valence-electron chi connectivity index (χ2n) is 7.75. The van der Waals surface area contributed by atoms with Crippen molar-refractivity contribution < 1.29 is 22.7 Å². The van der Waals surface area contributed by atoms with E-state index in [9.17, 15) is 13.2 Å². The minimum absolute atomic E-state index is 0.0827. The summed E-state index contributed by atoms with van der Waals surface area (Å²) in [5.74, 6) is 1.35. The Bertz CT molecular complexity index is 1080. The van der Waals surface area contributed by atoms with Gasteiger partial charge in [0.1, 0.15) is 13.2 Å². The van der Waals surface area contributed by atoms with Crippen molar-refractivity contribution in [2.45, 2.75) is 32.9 Å². The molecule has 30 heavy (non-hydrogen) atoms. The monoisotopic (exact) mass is 430 g/mol. The Kier molecular flexibility index (Phi) is 5.36. The summed E-state index contributed by atoms with van der Waals surface area (Å²) >= 11 is 0. The van der Waals surface area contributed by atoms with Crippen LogP contribution in [0.2, 0.25) is 0 Å². The van der Waals surface area contributed by atoms with E-state index >= 15 is 0 Å². The van der Waals surface area contributed by atoms with Gasteiger partial charge in [-0.05, 0) is 61.7 Å². The zero-order valence-corrected chi connectivity index (χ0v) is 18.2. The minimum Gasteiger partial charge on any atom is -0.486 e. The summed E-state index contributed by atoms with van der Waals surface area (Å²) in [7, 11) is -3.35. The Morgan fingerprint density at radius 3 is 2.57 bits per heavy atom. The first kappa shape index (κ1) is 20.5. The molecule has 2 aliphatic heterocycles. The number of hydrogen-bond acceptors (Lipinski definition) is 5. The first-order valence-corrected chi connectivity index (χ1v) is 11.9. The van der Waals surface area contributed by atoms with Crippen molar-refractivity contribution >= 4 is 21.6 Å². The Hall–Kier alpha value is -2.74. The molecule has 0 saturated heterocycles. The van der Waals surface area contributed by atoms with E-state index in [-0.39, 0.29) is 11.9 Å². The summed E-state index contributed by atoms with van der Waals surface area (Å²) in [6, 6.07) is 10.9. The van der Waals surface area contributed by atoms with E-state index in [0.717, 1.165) is 16.9 Å². The molecule has 1 unspecified atom stereocenters. The molecule has 8 heteroatoms. The van der Waals surface area contributed by atoms with Crippen LogP contribution in [0.4, 0.5) is 5.69 Å². The van der Waals surface area contributed by atoms with Crippen LogP contribution in [0.1, 0.15) is 35.3 Å². The van der Waals surface area contributed by atoms with E-state index in [1.165, 1.54) is 10.6 Å². The normalized spacial score (nSPS) is 17.6. The molecular weight excluding hydrogens is 404 g/mol. The fourth-order valence-corrected chi connectivity index (χ4v) is 5.42. The van der Waals surface area contributed by atoms with Crippen LogP contribution >= 0.6 is 0 Å². The highest BCUT2D eigenvalue weighted by molar-refractivity contribution is 7.92. The summed E-state index contributed by atoms with van der Waals surface area (Å²) in [6.07, 6.45) is 1.81. The average Bonchev–Trinajstić information content (AvgIpc) is 3.06. The Morgan fingerprint density at radius 1 is 1.13 bits per heavy atom. The van der Waals surface area contributed by atoms with E-state index in [1.54, 1.807) is 17.0 Å². The molecule has 160 valence electrons. The number of anilines is 1. The second-order valence-corrected chi connectivity index (χ2v) is 9.61. The van der Waals surface area contributed by atoms with Gasteiger partial charge in [-0.2, -0.15) is 0 Å². The number of sulfonamides is 1. The van der Waals surface area contributed by atoms with Gasteiger partial charge in [-0.3, -0.25) is 9.10 Å². The summed E-state index contributed by atoms with van der Waals surface area (Å²) < 4.78 is 36.9. The zero-order chi connectivity index (χ0) is 21.5. The Labute approximate surface area is 177 Å². The maximum absolute atomic E-state index is 13.2. The van der Waals surface area contributed by atoms with Gasteiger partial charge >= 0.3 is 0 Å². The highest BCUT2D eigenvalue weighted by Crippen LogP contribution is 2.35. The maximum Gasteiger partial charge on any atom is 0.254 e. The lowest BCUT2D eigenvalue weighted by atomic mass is 10.1. The van der Waals surface area contributed by atoms with Crippen molar-refractivity contribution in [1.29, 1.82) is 0 Å². The van der Waals surface area contributed by atoms with Crippen molar-refractivity contribution in [3.05, 3.63) is 53.1 Å². The summed E-state index contributed by atoms with van der Waals surface area (Å²) in [4.78, 5) is 14.9. The van der Waals surface area contributed by atoms with E-state index in [4.69, 9.17) is 9.47 Å². The van der Waals surface area contributed by atoms with Gasteiger partial charge in [0.25, 0.3) is 5.91 Å². The van der Waals surface area contributed by atoms with E-state index < -0.39 is 10.0 Å². The first-order chi connectivity index (χ1) is 14.3. The number of nitrogens with zero attached hydrogens (tertiary/aromatic N) is 2. The third kappa shape index (κ3) is 3.84. The molecule has 0 aromatic heterocycles. The van der Waals surface area contributed by atoms with Crippen LogP contribution in [0.3, 0.4) is 0 Å². The molecule has 0 fully saturated rings. The predicted octanol–water partition coefficient (Wildman–Crippen LogP) is 2.83. The fourth-order valence-electron chi connectivity index (χ4n) is 4.16. The molecule has 0 saturated carbocycles. The van der Waals surface area contributed by atoms with Gasteiger partial charge in [0.2, 0.25) is 10.0 Å². The van der Waals surface area contributed by atoms with Gasteiger partial charge in [0.05, 0.1) is 11.9 Å². The third-order valence-electron chi connectivity index (χ3n) is 5.49. The lowest BCUT2D eigenvalue weighted by Gasteiger charge is -2.24. The lowest BCUT2D eigenvalue weighted by Crippen LogP contribution is -2.34. The average molecular weight is 431 g/mol.